The quantitative estimate of drug-likeness (QED) is 0.862. The van der Waals surface area contributed by atoms with E-state index in [4.69, 9.17) is 4.74 Å². The summed E-state index contributed by atoms with van der Waals surface area (Å²) in [5, 5.41) is 12.5. The predicted molar refractivity (Wildman–Crippen MR) is 87.9 cm³/mol. The first-order chi connectivity index (χ1) is 11.2. The summed E-state index contributed by atoms with van der Waals surface area (Å²) < 4.78 is 5.21. The van der Waals surface area contributed by atoms with Crippen molar-refractivity contribution in [3.05, 3.63) is 71.8 Å². The minimum atomic E-state index is -0.444. The van der Waals surface area contributed by atoms with Gasteiger partial charge in [-0.2, -0.15) is 0 Å². The molecule has 2 N–H and O–H groups in total. The summed E-state index contributed by atoms with van der Waals surface area (Å²) in [5.74, 6) is 0.295. The summed E-state index contributed by atoms with van der Waals surface area (Å²) >= 11 is 0. The van der Waals surface area contributed by atoms with Gasteiger partial charge < -0.3 is 15.2 Å². The molecule has 1 aliphatic carbocycles. The van der Waals surface area contributed by atoms with Crippen molar-refractivity contribution in [3.63, 3.8) is 0 Å². The number of nitrogens with one attached hydrogen (secondary N) is 1. The van der Waals surface area contributed by atoms with Gasteiger partial charge in [-0.25, -0.2) is 4.79 Å². The highest BCUT2D eigenvalue weighted by molar-refractivity contribution is 5.67. The molecule has 0 aromatic heterocycles. The number of amides is 1. The Kier molecular flexibility index (Phi) is 4.63. The first kappa shape index (κ1) is 15.6. The highest BCUT2D eigenvalue weighted by Crippen LogP contribution is 2.58. The van der Waals surface area contributed by atoms with Gasteiger partial charge in [0, 0.05) is 12.0 Å². The van der Waals surface area contributed by atoms with Gasteiger partial charge >= 0.3 is 6.09 Å². The monoisotopic (exact) mass is 311 g/mol. The van der Waals surface area contributed by atoms with E-state index >= 15 is 0 Å². The highest BCUT2D eigenvalue weighted by atomic mass is 16.5. The van der Waals surface area contributed by atoms with E-state index in [2.05, 4.69) is 17.4 Å². The molecule has 1 saturated carbocycles. The van der Waals surface area contributed by atoms with Gasteiger partial charge in [0.25, 0.3) is 0 Å². The summed E-state index contributed by atoms with van der Waals surface area (Å²) in [6, 6.07) is 19.7. The van der Waals surface area contributed by atoms with E-state index in [0.717, 1.165) is 12.0 Å². The van der Waals surface area contributed by atoms with Crippen molar-refractivity contribution in [2.45, 2.75) is 18.9 Å². The van der Waals surface area contributed by atoms with E-state index in [1.807, 2.05) is 48.5 Å². The molecule has 0 saturated heterocycles. The molecule has 1 fully saturated rings. The zero-order chi connectivity index (χ0) is 16.1. The van der Waals surface area contributed by atoms with Crippen LogP contribution in [0.15, 0.2) is 60.7 Å². The molecule has 2 aromatic rings. The number of hydrogen-bond donors (Lipinski definition) is 2. The third kappa shape index (κ3) is 3.71. The number of carbonyl (C=O) groups is 1. The Morgan fingerprint density at radius 3 is 2.43 bits per heavy atom. The molecule has 4 heteroatoms. The average molecular weight is 311 g/mol. The van der Waals surface area contributed by atoms with Crippen molar-refractivity contribution in [2.24, 2.45) is 5.41 Å². The van der Waals surface area contributed by atoms with Gasteiger partial charge in [0.05, 0.1) is 6.61 Å². The summed E-state index contributed by atoms with van der Waals surface area (Å²) in [4.78, 5) is 11.8. The Balaban J connectivity index is 1.48. The molecule has 3 rings (SSSR count). The molecule has 0 spiro atoms. The highest BCUT2D eigenvalue weighted by Gasteiger charge is 2.54. The molecule has 0 radical (unpaired) electrons. The zero-order valence-electron chi connectivity index (χ0n) is 12.9. The number of aliphatic hydroxyl groups excluding tert-OH is 1. The van der Waals surface area contributed by atoms with Gasteiger partial charge in [-0.15, -0.1) is 0 Å². The number of aliphatic hydroxyl groups is 1. The van der Waals surface area contributed by atoms with Crippen LogP contribution < -0.4 is 5.32 Å². The second kappa shape index (κ2) is 6.84. The zero-order valence-corrected chi connectivity index (χ0v) is 12.9. The third-order valence-electron chi connectivity index (χ3n) is 4.50. The molecule has 120 valence electrons. The molecule has 4 nitrogen and oxygen atoms in total. The van der Waals surface area contributed by atoms with Crippen molar-refractivity contribution in [1.82, 2.24) is 5.32 Å². The van der Waals surface area contributed by atoms with Crippen LogP contribution in [-0.2, 0) is 11.3 Å². The summed E-state index contributed by atoms with van der Waals surface area (Å²) in [6.07, 6.45) is 0.437. The van der Waals surface area contributed by atoms with Crippen LogP contribution >= 0.6 is 0 Å². The van der Waals surface area contributed by atoms with Crippen molar-refractivity contribution in [1.29, 1.82) is 0 Å². The summed E-state index contributed by atoms with van der Waals surface area (Å²) in [5.41, 5.74) is 1.90. The molecule has 0 aliphatic heterocycles. The van der Waals surface area contributed by atoms with E-state index in [1.54, 1.807) is 0 Å². The van der Waals surface area contributed by atoms with E-state index in [9.17, 15) is 9.90 Å². The number of ether oxygens (including phenoxy) is 1. The Bertz CT molecular complexity index is 644. The van der Waals surface area contributed by atoms with Crippen LogP contribution in [0, 0.1) is 5.41 Å². The van der Waals surface area contributed by atoms with E-state index in [-0.39, 0.29) is 18.6 Å². The maximum Gasteiger partial charge on any atom is 0.407 e. The molecule has 1 aliphatic rings. The Morgan fingerprint density at radius 1 is 1.13 bits per heavy atom. The van der Waals surface area contributed by atoms with Crippen molar-refractivity contribution < 1.29 is 14.6 Å². The number of alkyl carbamates (subject to hydrolysis) is 1. The van der Waals surface area contributed by atoms with Gasteiger partial charge in [-0.1, -0.05) is 60.7 Å². The number of rotatable bonds is 6. The van der Waals surface area contributed by atoms with Crippen LogP contribution in [0.4, 0.5) is 4.79 Å². The fourth-order valence-electron chi connectivity index (χ4n) is 2.95. The minimum absolute atomic E-state index is 0.0610. The standard InChI is InChI=1S/C19H21NO3/c21-14-19(11-17(19)16-9-5-2-6-10-16)13-20-18(22)23-12-15-7-3-1-4-8-15/h1-10,17,21H,11-14H2,(H,20,22)/t17-,19+/m0/s1. The van der Waals surface area contributed by atoms with Crippen LogP contribution in [0.3, 0.4) is 0 Å². The van der Waals surface area contributed by atoms with Crippen LogP contribution in [-0.4, -0.2) is 24.4 Å². The largest absolute Gasteiger partial charge is 0.445 e. The Labute approximate surface area is 136 Å². The van der Waals surface area contributed by atoms with Crippen LogP contribution in [0.5, 0.6) is 0 Å². The van der Waals surface area contributed by atoms with Crippen molar-refractivity contribution in [3.8, 4) is 0 Å². The number of hydrogen-bond acceptors (Lipinski definition) is 3. The lowest BCUT2D eigenvalue weighted by Crippen LogP contribution is -2.33. The molecule has 0 heterocycles. The van der Waals surface area contributed by atoms with Gasteiger partial charge in [0.2, 0.25) is 0 Å². The van der Waals surface area contributed by atoms with Crippen LogP contribution in [0.2, 0.25) is 0 Å². The molecule has 0 unspecified atom stereocenters. The smallest absolute Gasteiger partial charge is 0.407 e. The maximum absolute atomic E-state index is 11.8. The molecule has 2 aromatic carbocycles. The second-order valence-corrected chi connectivity index (χ2v) is 6.10. The average Bonchev–Trinajstić information content (AvgIpc) is 3.35. The first-order valence-electron chi connectivity index (χ1n) is 7.84. The van der Waals surface area contributed by atoms with Gasteiger partial charge in [-0.05, 0) is 23.5 Å². The van der Waals surface area contributed by atoms with E-state index in [0.29, 0.717) is 12.5 Å². The first-order valence-corrected chi connectivity index (χ1v) is 7.84. The van der Waals surface area contributed by atoms with E-state index in [1.165, 1.54) is 5.56 Å². The maximum atomic E-state index is 11.8. The topological polar surface area (TPSA) is 58.6 Å². The Morgan fingerprint density at radius 2 is 1.78 bits per heavy atom. The molecular weight excluding hydrogens is 290 g/mol. The number of benzene rings is 2. The van der Waals surface area contributed by atoms with E-state index < -0.39 is 6.09 Å². The van der Waals surface area contributed by atoms with Crippen LogP contribution in [0.1, 0.15) is 23.5 Å². The third-order valence-corrected chi connectivity index (χ3v) is 4.50. The lowest BCUT2D eigenvalue weighted by atomic mass is 10.00. The minimum Gasteiger partial charge on any atom is -0.445 e. The second-order valence-electron chi connectivity index (χ2n) is 6.10. The lowest BCUT2D eigenvalue weighted by molar-refractivity contribution is 0.133. The molecule has 23 heavy (non-hydrogen) atoms. The predicted octanol–water partition coefficient (Wildman–Crippen LogP) is 3.08. The molecule has 2 atom stereocenters. The fourth-order valence-corrected chi connectivity index (χ4v) is 2.95. The van der Waals surface area contributed by atoms with Crippen molar-refractivity contribution >= 4 is 6.09 Å². The summed E-state index contributed by atoms with van der Waals surface area (Å²) in [6.45, 7) is 0.739. The SMILES string of the molecule is O=C(NC[C@@]1(CO)C[C@H]1c1ccccc1)OCc1ccccc1. The van der Waals surface area contributed by atoms with Crippen LogP contribution in [0.25, 0.3) is 0 Å². The van der Waals surface area contributed by atoms with Crippen molar-refractivity contribution in [2.75, 3.05) is 13.2 Å². The fraction of sp³-hybridized carbons (Fsp3) is 0.316. The van der Waals surface area contributed by atoms with Gasteiger partial charge in [-0.3, -0.25) is 0 Å². The molecule has 1 amide bonds. The Hall–Kier alpha value is -2.33. The number of carbonyl (C=O) groups excluding carboxylic acids is 1. The lowest BCUT2D eigenvalue weighted by Gasteiger charge is -2.15. The molecular formula is C19H21NO3. The molecule has 0 bridgehead atoms. The van der Waals surface area contributed by atoms with Gasteiger partial charge in [0.1, 0.15) is 6.61 Å². The van der Waals surface area contributed by atoms with Gasteiger partial charge in [0.15, 0.2) is 0 Å². The normalized spacial score (nSPS) is 22.4. The summed E-state index contributed by atoms with van der Waals surface area (Å²) in [7, 11) is 0.